The van der Waals surface area contributed by atoms with Crippen molar-refractivity contribution in [2.24, 2.45) is 0 Å². The van der Waals surface area contributed by atoms with Gasteiger partial charge in [-0.2, -0.15) is 5.26 Å². The summed E-state index contributed by atoms with van der Waals surface area (Å²) in [5, 5.41) is 18.2. The molecule has 2 rings (SSSR count). The van der Waals surface area contributed by atoms with Crippen LogP contribution in [0, 0.1) is 11.3 Å². The summed E-state index contributed by atoms with van der Waals surface area (Å²) < 4.78 is 6.22. The van der Waals surface area contributed by atoms with Gasteiger partial charge in [-0.15, -0.1) is 0 Å². The van der Waals surface area contributed by atoms with Crippen LogP contribution >= 0.6 is 15.9 Å². The summed E-state index contributed by atoms with van der Waals surface area (Å²) >= 11 is 3.31. The van der Waals surface area contributed by atoms with Crippen LogP contribution in [0.2, 0.25) is 0 Å². The first kappa shape index (κ1) is 12.3. The summed E-state index contributed by atoms with van der Waals surface area (Å²) in [4.78, 5) is 0. The van der Waals surface area contributed by atoms with Crippen LogP contribution in [0.4, 0.5) is 5.69 Å². The quantitative estimate of drug-likeness (QED) is 0.658. The Bertz CT molecular complexity index is 635. The zero-order valence-corrected chi connectivity index (χ0v) is 10.8. The molecule has 0 bridgehead atoms. The molecule has 0 atom stereocenters. The first-order chi connectivity index (χ1) is 8.61. The van der Waals surface area contributed by atoms with Crippen molar-refractivity contribution in [3.05, 3.63) is 46.4 Å². The number of nitrogens with zero attached hydrogens (tertiary/aromatic N) is 1. The third kappa shape index (κ3) is 2.39. The highest BCUT2D eigenvalue weighted by Crippen LogP contribution is 2.36. The van der Waals surface area contributed by atoms with Crippen LogP contribution in [0.25, 0.3) is 0 Å². The lowest BCUT2D eigenvalue weighted by Gasteiger charge is -2.10. The van der Waals surface area contributed by atoms with Gasteiger partial charge in [0.05, 0.1) is 16.1 Å². The second kappa shape index (κ2) is 4.98. The van der Waals surface area contributed by atoms with Gasteiger partial charge in [-0.25, -0.2) is 0 Å². The van der Waals surface area contributed by atoms with E-state index in [2.05, 4.69) is 15.9 Å². The Morgan fingerprint density at radius 1 is 1.22 bits per heavy atom. The van der Waals surface area contributed by atoms with E-state index in [1.807, 2.05) is 6.07 Å². The molecule has 0 saturated carbocycles. The fourth-order valence-corrected chi connectivity index (χ4v) is 1.85. The molecule has 0 heterocycles. The normalized spacial score (nSPS) is 9.78. The smallest absolute Gasteiger partial charge is 0.154 e. The Balaban J connectivity index is 2.35. The summed E-state index contributed by atoms with van der Waals surface area (Å²) in [5.41, 5.74) is 6.39. The van der Waals surface area contributed by atoms with Crippen molar-refractivity contribution in [3.8, 4) is 23.3 Å². The van der Waals surface area contributed by atoms with E-state index in [0.29, 0.717) is 21.5 Å². The second-order valence-electron chi connectivity index (χ2n) is 3.55. The maximum atomic E-state index is 9.47. The van der Waals surface area contributed by atoms with Crippen LogP contribution in [0.15, 0.2) is 40.9 Å². The Hall–Kier alpha value is -2.19. The average molecular weight is 305 g/mol. The van der Waals surface area contributed by atoms with Crippen molar-refractivity contribution >= 4 is 21.6 Å². The molecule has 4 nitrogen and oxygen atoms in total. The van der Waals surface area contributed by atoms with Crippen molar-refractivity contribution in [1.29, 1.82) is 5.26 Å². The zero-order chi connectivity index (χ0) is 13.1. The summed E-state index contributed by atoms with van der Waals surface area (Å²) in [5.74, 6) is 0.851. The number of benzene rings is 2. The molecule has 0 spiro atoms. The van der Waals surface area contributed by atoms with Crippen LogP contribution in [-0.2, 0) is 0 Å². The molecule has 0 saturated heterocycles. The van der Waals surface area contributed by atoms with Crippen LogP contribution in [0.5, 0.6) is 17.2 Å². The van der Waals surface area contributed by atoms with Crippen molar-refractivity contribution in [1.82, 2.24) is 0 Å². The molecule has 90 valence electrons. The standard InChI is InChI=1S/C13H9BrN2O2/c14-9-6-8(7-15)4-5-11(9)18-12-3-1-2-10(17)13(12)16/h1-6,17H,16H2. The number of hydrogen-bond donors (Lipinski definition) is 2. The summed E-state index contributed by atoms with van der Waals surface area (Å²) in [6.07, 6.45) is 0. The molecule has 0 aliphatic heterocycles. The minimum atomic E-state index is -0.0303. The fraction of sp³-hybridized carbons (Fsp3) is 0. The van der Waals surface area contributed by atoms with Gasteiger partial charge < -0.3 is 15.6 Å². The molecule has 3 N–H and O–H groups in total. The predicted molar refractivity (Wildman–Crippen MR) is 71.5 cm³/mol. The Morgan fingerprint density at radius 2 is 2.00 bits per heavy atom. The number of para-hydroxylation sites is 1. The Kier molecular flexibility index (Phi) is 3.40. The molecule has 18 heavy (non-hydrogen) atoms. The highest BCUT2D eigenvalue weighted by Gasteiger charge is 2.08. The van der Waals surface area contributed by atoms with Crippen LogP contribution in [-0.4, -0.2) is 5.11 Å². The van der Waals surface area contributed by atoms with Crippen LogP contribution in [0.3, 0.4) is 0 Å². The first-order valence-electron chi connectivity index (χ1n) is 5.07. The molecule has 0 amide bonds. The molecule has 2 aromatic carbocycles. The average Bonchev–Trinajstić information content (AvgIpc) is 2.37. The van der Waals surface area contributed by atoms with E-state index in [9.17, 15) is 5.11 Å². The number of phenolic OH excluding ortho intramolecular Hbond substituents is 1. The van der Waals surface area contributed by atoms with Gasteiger partial charge in [0.15, 0.2) is 5.75 Å². The van der Waals surface area contributed by atoms with E-state index in [4.69, 9.17) is 15.7 Å². The number of aromatic hydroxyl groups is 1. The molecular formula is C13H9BrN2O2. The Labute approximate surface area is 112 Å². The highest BCUT2D eigenvalue weighted by molar-refractivity contribution is 9.10. The second-order valence-corrected chi connectivity index (χ2v) is 4.40. The molecule has 5 heteroatoms. The number of halogens is 1. The first-order valence-corrected chi connectivity index (χ1v) is 5.86. The summed E-state index contributed by atoms with van der Waals surface area (Å²) in [7, 11) is 0. The molecule has 0 aliphatic carbocycles. The topological polar surface area (TPSA) is 79.3 Å². The third-order valence-corrected chi connectivity index (χ3v) is 2.94. The maximum Gasteiger partial charge on any atom is 0.154 e. The largest absolute Gasteiger partial charge is 0.506 e. The lowest BCUT2D eigenvalue weighted by Crippen LogP contribution is -1.93. The SMILES string of the molecule is N#Cc1ccc(Oc2cccc(O)c2N)c(Br)c1. The van der Waals surface area contributed by atoms with E-state index in [1.54, 1.807) is 30.3 Å². The highest BCUT2D eigenvalue weighted by atomic mass is 79.9. The van der Waals surface area contributed by atoms with Gasteiger partial charge in [0.2, 0.25) is 0 Å². The van der Waals surface area contributed by atoms with Gasteiger partial charge in [-0.1, -0.05) is 6.07 Å². The van der Waals surface area contributed by atoms with Crippen molar-refractivity contribution in [2.75, 3.05) is 5.73 Å². The van der Waals surface area contributed by atoms with Gasteiger partial charge in [0.25, 0.3) is 0 Å². The number of nitrogens with two attached hydrogens (primary N) is 1. The number of rotatable bonds is 2. The van der Waals surface area contributed by atoms with Crippen LogP contribution in [0.1, 0.15) is 5.56 Å². The minimum Gasteiger partial charge on any atom is -0.506 e. The van der Waals surface area contributed by atoms with Gasteiger partial charge in [0, 0.05) is 0 Å². The molecule has 0 aromatic heterocycles. The summed E-state index contributed by atoms with van der Waals surface area (Å²) in [6.45, 7) is 0. The van der Waals surface area contributed by atoms with E-state index in [-0.39, 0.29) is 11.4 Å². The number of nitrogen functional groups attached to an aromatic ring is 1. The molecule has 0 radical (unpaired) electrons. The molecule has 0 unspecified atom stereocenters. The van der Waals surface area contributed by atoms with Crippen molar-refractivity contribution in [3.63, 3.8) is 0 Å². The minimum absolute atomic E-state index is 0.0303. The van der Waals surface area contributed by atoms with Gasteiger partial charge in [-0.3, -0.25) is 0 Å². The monoisotopic (exact) mass is 304 g/mol. The van der Waals surface area contributed by atoms with Crippen molar-refractivity contribution in [2.45, 2.75) is 0 Å². The summed E-state index contributed by atoms with van der Waals surface area (Å²) in [6, 6.07) is 11.7. The van der Waals surface area contributed by atoms with Crippen molar-refractivity contribution < 1.29 is 9.84 Å². The molecule has 2 aromatic rings. The number of hydrogen-bond acceptors (Lipinski definition) is 4. The van der Waals surface area contributed by atoms with E-state index in [0.717, 1.165) is 0 Å². The number of phenols is 1. The number of anilines is 1. The fourth-order valence-electron chi connectivity index (χ4n) is 1.39. The maximum absolute atomic E-state index is 9.47. The van der Waals surface area contributed by atoms with E-state index < -0.39 is 0 Å². The van der Waals surface area contributed by atoms with Gasteiger partial charge >= 0.3 is 0 Å². The van der Waals surface area contributed by atoms with Gasteiger partial charge in [0.1, 0.15) is 17.2 Å². The number of ether oxygens (including phenoxy) is 1. The molecular weight excluding hydrogens is 296 g/mol. The van der Waals surface area contributed by atoms with E-state index >= 15 is 0 Å². The zero-order valence-electron chi connectivity index (χ0n) is 9.22. The Morgan fingerprint density at radius 3 is 2.67 bits per heavy atom. The predicted octanol–water partition coefficient (Wildman–Crippen LogP) is 3.40. The van der Waals surface area contributed by atoms with Crippen LogP contribution < -0.4 is 10.5 Å². The molecule has 0 fully saturated rings. The third-order valence-electron chi connectivity index (χ3n) is 2.32. The number of nitriles is 1. The van der Waals surface area contributed by atoms with E-state index in [1.165, 1.54) is 6.07 Å². The molecule has 0 aliphatic rings. The lowest BCUT2D eigenvalue weighted by molar-refractivity contribution is 0.458. The van der Waals surface area contributed by atoms with Gasteiger partial charge in [-0.05, 0) is 46.3 Å². The lowest BCUT2D eigenvalue weighted by atomic mass is 10.2.